The standard InChI is InChI=1S/C15H18N2O3/c1-20-13-6-2-4-11(8-13)14(9-16)17-7-3-5-12(10-17)15(18)19/h2,4,6,8,12,14H,3,5,7,10H2,1H3,(H,18,19). The molecule has 0 radical (unpaired) electrons. The lowest BCUT2D eigenvalue weighted by atomic mass is 9.95. The number of hydrogen-bond acceptors (Lipinski definition) is 4. The third-order valence-electron chi connectivity index (χ3n) is 3.70. The molecule has 106 valence electrons. The molecule has 1 aliphatic rings. The van der Waals surface area contributed by atoms with Crippen LogP contribution in [0.4, 0.5) is 0 Å². The highest BCUT2D eigenvalue weighted by atomic mass is 16.5. The Kier molecular flexibility index (Phi) is 4.59. The number of hydrogen-bond donors (Lipinski definition) is 1. The first-order valence-corrected chi connectivity index (χ1v) is 6.66. The molecular formula is C15H18N2O3. The second kappa shape index (κ2) is 6.40. The van der Waals surface area contributed by atoms with E-state index in [1.165, 1.54) is 0 Å². The highest BCUT2D eigenvalue weighted by molar-refractivity contribution is 5.70. The Morgan fingerprint density at radius 1 is 1.60 bits per heavy atom. The van der Waals surface area contributed by atoms with Crippen LogP contribution in [0.3, 0.4) is 0 Å². The van der Waals surface area contributed by atoms with Crippen molar-refractivity contribution in [3.8, 4) is 11.8 Å². The maximum Gasteiger partial charge on any atom is 0.307 e. The van der Waals surface area contributed by atoms with Crippen LogP contribution in [0.5, 0.6) is 5.75 Å². The van der Waals surface area contributed by atoms with E-state index in [-0.39, 0.29) is 5.92 Å². The lowest BCUT2D eigenvalue weighted by Gasteiger charge is -2.33. The molecule has 2 unspecified atom stereocenters. The SMILES string of the molecule is COc1cccc(C(C#N)N2CCCC(C(=O)O)C2)c1. The van der Waals surface area contributed by atoms with Gasteiger partial charge in [0.1, 0.15) is 11.8 Å². The van der Waals surface area contributed by atoms with Crippen LogP contribution in [0.25, 0.3) is 0 Å². The molecule has 1 saturated heterocycles. The predicted octanol–water partition coefficient (Wildman–Crippen LogP) is 2.06. The topological polar surface area (TPSA) is 73.6 Å². The molecule has 1 N–H and O–H groups in total. The Hall–Kier alpha value is -2.06. The van der Waals surface area contributed by atoms with Crippen molar-refractivity contribution >= 4 is 5.97 Å². The van der Waals surface area contributed by atoms with E-state index in [1.54, 1.807) is 7.11 Å². The van der Waals surface area contributed by atoms with Crippen LogP contribution >= 0.6 is 0 Å². The van der Waals surface area contributed by atoms with Gasteiger partial charge in [-0.15, -0.1) is 0 Å². The fourth-order valence-electron chi connectivity index (χ4n) is 2.62. The number of benzene rings is 1. The molecule has 5 heteroatoms. The molecular weight excluding hydrogens is 256 g/mol. The lowest BCUT2D eigenvalue weighted by molar-refractivity contribution is -0.143. The van der Waals surface area contributed by atoms with Crippen molar-refractivity contribution in [1.29, 1.82) is 5.26 Å². The number of methoxy groups -OCH3 is 1. The van der Waals surface area contributed by atoms with E-state index >= 15 is 0 Å². The summed E-state index contributed by atoms with van der Waals surface area (Å²) in [4.78, 5) is 13.1. The first kappa shape index (κ1) is 14.4. The van der Waals surface area contributed by atoms with Gasteiger partial charge in [0, 0.05) is 6.54 Å². The Labute approximate surface area is 118 Å². The quantitative estimate of drug-likeness (QED) is 0.909. The zero-order valence-electron chi connectivity index (χ0n) is 11.5. The minimum Gasteiger partial charge on any atom is -0.497 e. The number of aliphatic carboxylic acids is 1. The third kappa shape index (κ3) is 3.09. The zero-order valence-corrected chi connectivity index (χ0v) is 11.5. The Morgan fingerprint density at radius 3 is 3.05 bits per heavy atom. The summed E-state index contributed by atoms with van der Waals surface area (Å²) in [6.45, 7) is 1.17. The van der Waals surface area contributed by atoms with Crippen molar-refractivity contribution in [2.24, 2.45) is 5.92 Å². The van der Waals surface area contributed by atoms with E-state index < -0.39 is 12.0 Å². The van der Waals surface area contributed by atoms with Gasteiger partial charge in [0.15, 0.2) is 0 Å². The number of piperidine rings is 1. The summed E-state index contributed by atoms with van der Waals surface area (Å²) in [6.07, 6.45) is 1.49. The lowest BCUT2D eigenvalue weighted by Crippen LogP contribution is -2.40. The average Bonchev–Trinajstić information content (AvgIpc) is 2.48. The molecule has 1 aromatic carbocycles. The average molecular weight is 274 g/mol. The molecule has 0 saturated carbocycles. The maximum absolute atomic E-state index is 11.1. The number of nitriles is 1. The van der Waals surface area contributed by atoms with Gasteiger partial charge in [0.2, 0.25) is 0 Å². The Morgan fingerprint density at radius 2 is 2.40 bits per heavy atom. The number of ether oxygens (including phenoxy) is 1. The van der Waals surface area contributed by atoms with Crippen LogP contribution in [0.1, 0.15) is 24.4 Å². The zero-order chi connectivity index (χ0) is 14.5. The summed E-state index contributed by atoms with van der Waals surface area (Å²) >= 11 is 0. The Balaban J connectivity index is 2.19. The second-order valence-corrected chi connectivity index (χ2v) is 4.98. The fraction of sp³-hybridized carbons (Fsp3) is 0.467. The van der Waals surface area contributed by atoms with Crippen molar-refractivity contribution in [3.63, 3.8) is 0 Å². The van der Waals surface area contributed by atoms with E-state index in [9.17, 15) is 10.1 Å². The largest absolute Gasteiger partial charge is 0.497 e. The number of carboxylic acid groups (broad SMARTS) is 1. The number of likely N-dealkylation sites (tertiary alicyclic amines) is 1. The van der Waals surface area contributed by atoms with Crippen molar-refractivity contribution in [2.45, 2.75) is 18.9 Å². The van der Waals surface area contributed by atoms with Crippen LogP contribution in [-0.4, -0.2) is 36.2 Å². The first-order valence-electron chi connectivity index (χ1n) is 6.66. The molecule has 0 aliphatic carbocycles. The highest BCUT2D eigenvalue weighted by Crippen LogP contribution is 2.28. The fourth-order valence-corrected chi connectivity index (χ4v) is 2.62. The van der Waals surface area contributed by atoms with Gasteiger partial charge in [0.05, 0.1) is 19.1 Å². The molecule has 1 aliphatic heterocycles. The second-order valence-electron chi connectivity index (χ2n) is 4.98. The van der Waals surface area contributed by atoms with Crippen LogP contribution in [0.2, 0.25) is 0 Å². The summed E-state index contributed by atoms with van der Waals surface area (Å²) in [5.74, 6) is -0.461. The highest BCUT2D eigenvalue weighted by Gasteiger charge is 2.30. The summed E-state index contributed by atoms with van der Waals surface area (Å²) in [6, 6.07) is 9.23. The van der Waals surface area contributed by atoms with E-state index in [0.29, 0.717) is 18.7 Å². The van der Waals surface area contributed by atoms with Crippen LogP contribution in [0, 0.1) is 17.2 Å². The molecule has 1 aromatic rings. The van der Waals surface area contributed by atoms with Gasteiger partial charge in [-0.25, -0.2) is 0 Å². The minimum absolute atomic E-state index is 0.384. The first-order chi connectivity index (χ1) is 9.65. The minimum atomic E-state index is -0.781. The molecule has 5 nitrogen and oxygen atoms in total. The van der Waals surface area contributed by atoms with Gasteiger partial charge < -0.3 is 9.84 Å². The molecule has 0 aromatic heterocycles. The van der Waals surface area contributed by atoms with Crippen molar-refractivity contribution in [3.05, 3.63) is 29.8 Å². The smallest absolute Gasteiger partial charge is 0.307 e. The maximum atomic E-state index is 11.1. The van der Waals surface area contributed by atoms with Gasteiger partial charge in [-0.05, 0) is 37.1 Å². The molecule has 2 atom stereocenters. The van der Waals surface area contributed by atoms with Crippen LogP contribution in [0.15, 0.2) is 24.3 Å². The molecule has 0 spiro atoms. The number of nitrogens with zero attached hydrogens (tertiary/aromatic N) is 2. The summed E-state index contributed by atoms with van der Waals surface area (Å²) < 4.78 is 5.17. The van der Waals surface area contributed by atoms with Gasteiger partial charge in [0.25, 0.3) is 0 Å². The van der Waals surface area contributed by atoms with Gasteiger partial charge in [-0.2, -0.15) is 5.26 Å². The monoisotopic (exact) mass is 274 g/mol. The summed E-state index contributed by atoms with van der Waals surface area (Å²) in [5.41, 5.74) is 0.845. The molecule has 0 bridgehead atoms. The molecule has 1 fully saturated rings. The number of carboxylic acids is 1. The molecule has 2 rings (SSSR count). The summed E-state index contributed by atoms with van der Waals surface area (Å²) in [5, 5.41) is 18.6. The Bertz CT molecular complexity index is 524. The van der Waals surface area contributed by atoms with Crippen molar-refractivity contribution < 1.29 is 14.6 Å². The predicted molar refractivity (Wildman–Crippen MR) is 73.3 cm³/mol. The van der Waals surface area contributed by atoms with Gasteiger partial charge in [-0.1, -0.05) is 12.1 Å². The summed E-state index contributed by atoms with van der Waals surface area (Å²) in [7, 11) is 1.59. The van der Waals surface area contributed by atoms with Crippen LogP contribution in [-0.2, 0) is 4.79 Å². The number of carbonyl (C=O) groups is 1. The molecule has 0 amide bonds. The van der Waals surface area contributed by atoms with Gasteiger partial charge >= 0.3 is 5.97 Å². The van der Waals surface area contributed by atoms with Gasteiger partial charge in [-0.3, -0.25) is 9.69 Å². The van der Waals surface area contributed by atoms with Crippen molar-refractivity contribution in [2.75, 3.05) is 20.2 Å². The van der Waals surface area contributed by atoms with Crippen LogP contribution < -0.4 is 4.74 Å². The molecule has 1 heterocycles. The number of rotatable bonds is 4. The van der Waals surface area contributed by atoms with Crippen molar-refractivity contribution in [1.82, 2.24) is 4.90 Å². The van der Waals surface area contributed by atoms with E-state index in [2.05, 4.69) is 6.07 Å². The van der Waals surface area contributed by atoms with E-state index in [4.69, 9.17) is 9.84 Å². The third-order valence-corrected chi connectivity index (χ3v) is 3.70. The molecule has 20 heavy (non-hydrogen) atoms. The van der Waals surface area contributed by atoms with E-state index in [1.807, 2.05) is 29.2 Å². The normalized spacial score (nSPS) is 20.9. The van der Waals surface area contributed by atoms with E-state index in [0.717, 1.165) is 18.5 Å².